The highest BCUT2D eigenvalue weighted by Crippen LogP contribution is 2.32. The predicted molar refractivity (Wildman–Crippen MR) is 145 cm³/mol. The molecular formula is C29H32N2O5S. The summed E-state index contributed by atoms with van der Waals surface area (Å²) in [6.45, 7) is 10.5. The van der Waals surface area contributed by atoms with Crippen LogP contribution in [0.4, 0.5) is 0 Å². The molecule has 0 aliphatic carbocycles. The zero-order chi connectivity index (χ0) is 26.7. The zero-order valence-corrected chi connectivity index (χ0v) is 22.8. The van der Waals surface area contributed by atoms with Crippen LogP contribution in [0, 0.1) is 0 Å². The molecule has 0 saturated heterocycles. The molecule has 0 radical (unpaired) electrons. The van der Waals surface area contributed by atoms with Crippen molar-refractivity contribution in [2.45, 2.75) is 46.6 Å². The fourth-order valence-electron chi connectivity index (χ4n) is 4.37. The smallest absolute Gasteiger partial charge is 0.338 e. The summed E-state index contributed by atoms with van der Waals surface area (Å²) in [6.07, 6.45) is 1.81. The van der Waals surface area contributed by atoms with E-state index in [0.717, 1.165) is 11.1 Å². The van der Waals surface area contributed by atoms with Crippen molar-refractivity contribution >= 4 is 23.4 Å². The molecule has 1 aromatic heterocycles. The third kappa shape index (κ3) is 5.25. The number of methoxy groups -OCH3 is 1. The number of allylic oxidation sites excluding steroid dienone is 1. The van der Waals surface area contributed by atoms with Gasteiger partial charge in [0.1, 0.15) is 0 Å². The maximum atomic E-state index is 13.8. The molecule has 1 aliphatic rings. The highest BCUT2D eigenvalue weighted by atomic mass is 32.1. The van der Waals surface area contributed by atoms with Gasteiger partial charge in [0.25, 0.3) is 5.56 Å². The minimum atomic E-state index is -0.631. The second kappa shape index (κ2) is 11.2. The van der Waals surface area contributed by atoms with E-state index in [1.165, 1.54) is 16.9 Å². The maximum absolute atomic E-state index is 13.8. The van der Waals surface area contributed by atoms with Crippen molar-refractivity contribution in [3.63, 3.8) is 0 Å². The second-order valence-corrected chi connectivity index (χ2v) is 9.98. The highest BCUT2D eigenvalue weighted by molar-refractivity contribution is 7.07. The normalized spacial score (nSPS) is 15.4. The topological polar surface area (TPSA) is 79.1 Å². The summed E-state index contributed by atoms with van der Waals surface area (Å²) >= 11 is 1.29. The van der Waals surface area contributed by atoms with Gasteiger partial charge in [-0.25, -0.2) is 9.79 Å². The van der Waals surface area contributed by atoms with Gasteiger partial charge in [0, 0.05) is 0 Å². The number of carbonyl (C=O) groups excluding carboxylic acids is 1. The number of fused-ring (bicyclic) bond motifs is 1. The predicted octanol–water partition coefficient (Wildman–Crippen LogP) is 4.33. The van der Waals surface area contributed by atoms with Crippen molar-refractivity contribution in [2.24, 2.45) is 4.99 Å². The van der Waals surface area contributed by atoms with E-state index in [4.69, 9.17) is 14.2 Å². The van der Waals surface area contributed by atoms with Gasteiger partial charge in [-0.05, 0) is 61.6 Å². The van der Waals surface area contributed by atoms with E-state index in [9.17, 15) is 9.59 Å². The van der Waals surface area contributed by atoms with E-state index in [-0.39, 0.29) is 12.2 Å². The van der Waals surface area contributed by atoms with Crippen molar-refractivity contribution < 1.29 is 19.0 Å². The number of benzene rings is 2. The molecule has 1 aliphatic heterocycles. The molecule has 37 heavy (non-hydrogen) atoms. The van der Waals surface area contributed by atoms with Crippen molar-refractivity contribution in [2.75, 3.05) is 20.3 Å². The molecule has 0 bridgehead atoms. The molecule has 3 aromatic rings. The Bertz CT molecular complexity index is 1510. The summed E-state index contributed by atoms with van der Waals surface area (Å²) in [5.74, 6) is 1.13. The van der Waals surface area contributed by atoms with Crippen LogP contribution in [0.1, 0.15) is 63.3 Å². The maximum Gasteiger partial charge on any atom is 0.338 e. The number of thiazole rings is 1. The van der Waals surface area contributed by atoms with Gasteiger partial charge in [0.2, 0.25) is 0 Å². The SMILES string of the molecule is CCOC(=O)C1=C(C)N=c2s/c(=C\c3ccc(OCC)c(OC)c3)c(=O)n2[C@@H]1c1ccc(C(C)C)cc1. The quantitative estimate of drug-likeness (QED) is 0.413. The lowest BCUT2D eigenvalue weighted by Crippen LogP contribution is -2.39. The van der Waals surface area contributed by atoms with Gasteiger partial charge in [-0.2, -0.15) is 0 Å². The fourth-order valence-corrected chi connectivity index (χ4v) is 5.42. The summed E-state index contributed by atoms with van der Waals surface area (Å²) in [6, 6.07) is 12.9. The number of hydrogen-bond acceptors (Lipinski definition) is 7. The number of aromatic nitrogens is 1. The van der Waals surface area contributed by atoms with Gasteiger partial charge in [-0.3, -0.25) is 9.36 Å². The van der Waals surface area contributed by atoms with Crippen LogP contribution in [0.15, 0.2) is 63.5 Å². The van der Waals surface area contributed by atoms with Crippen molar-refractivity contribution in [1.82, 2.24) is 4.57 Å². The van der Waals surface area contributed by atoms with E-state index < -0.39 is 12.0 Å². The standard InChI is InChI=1S/C29H32N2O5S/c1-7-35-22-14-9-19(15-23(22)34-6)16-24-27(32)31-26(21-12-10-20(11-13-21)17(3)4)25(28(33)36-8-2)18(5)30-29(31)37-24/h9-17,26H,7-8H2,1-6H3/b24-16-/t26-/m1/s1. The van der Waals surface area contributed by atoms with Crippen LogP contribution < -0.4 is 24.4 Å². The van der Waals surface area contributed by atoms with E-state index in [2.05, 4.69) is 18.8 Å². The highest BCUT2D eigenvalue weighted by Gasteiger charge is 2.33. The molecule has 0 N–H and O–H groups in total. The molecule has 0 saturated carbocycles. The van der Waals surface area contributed by atoms with Crippen LogP contribution in [0.5, 0.6) is 11.5 Å². The average Bonchev–Trinajstić information content (AvgIpc) is 3.18. The Morgan fingerprint density at radius 1 is 1.11 bits per heavy atom. The average molecular weight is 521 g/mol. The number of hydrogen-bond donors (Lipinski definition) is 0. The first-order valence-electron chi connectivity index (χ1n) is 12.4. The molecule has 0 unspecified atom stereocenters. The van der Waals surface area contributed by atoms with Crippen molar-refractivity contribution in [3.05, 3.63) is 90.1 Å². The largest absolute Gasteiger partial charge is 0.493 e. The minimum absolute atomic E-state index is 0.219. The van der Waals surface area contributed by atoms with Crippen LogP contribution in [-0.2, 0) is 9.53 Å². The number of nitrogens with zero attached hydrogens (tertiary/aromatic N) is 2. The number of rotatable bonds is 8. The summed E-state index contributed by atoms with van der Waals surface area (Å²) in [4.78, 5) is 32.0. The Morgan fingerprint density at radius 3 is 2.46 bits per heavy atom. The lowest BCUT2D eigenvalue weighted by Gasteiger charge is -2.25. The first-order valence-corrected chi connectivity index (χ1v) is 13.2. The molecule has 8 heteroatoms. The zero-order valence-electron chi connectivity index (χ0n) is 22.0. The van der Waals surface area contributed by atoms with Gasteiger partial charge in [0.05, 0.1) is 42.2 Å². The van der Waals surface area contributed by atoms with Crippen LogP contribution in [-0.4, -0.2) is 30.9 Å². The Labute approximate surface area is 220 Å². The Balaban J connectivity index is 1.89. The Kier molecular flexibility index (Phi) is 7.97. The van der Waals surface area contributed by atoms with Gasteiger partial charge in [-0.15, -0.1) is 0 Å². The molecule has 0 spiro atoms. The molecular weight excluding hydrogens is 488 g/mol. The molecule has 4 rings (SSSR count). The van der Waals surface area contributed by atoms with Crippen LogP contribution >= 0.6 is 11.3 Å². The first-order chi connectivity index (χ1) is 17.8. The fraction of sp³-hybridized carbons (Fsp3) is 0.345. The van der Waals surface area contributed by atoms with E-state index in [0.29, 0.717) is 44.6 Å². The summed E-state index contributed by atoms with van der Waals surface area (Å²) in [5.41, 5.74) is 3.51. The molecule has 7 nitrogen and oxygen atoms in total. The third-order valence-corrected chi connectivity index (χ3v) is 7.20. The number of ether oxygens (including phenoxy) is 3. The molecule has 2 aromatic carbocycles. The Morgan fingerprint density at radius 2 is 1.84 bits per heavy atom. The van der Waals surface area contributed by atoms with Gasteiger partial charge in [-0.1, -0.05) is 55.5 Å². The van der Waals surface area contributed by atoms with E-state index in [1.54, 1.807) is 25.5 Å². The minimum Gasteiger partial charge on any atom is -0.493 e. The lowest BCUT2D eigenvalue weighted by molar-refractivity contribution is -0.139. The lowest BCUT2D eigenvalue weighted by atomic mass is 9.93. The first kappa shape index (κ1) is 26.4. The molecule has 0 fully saturated rings. The van der Waals surface area contributed by atoms with Crippen LogP contribution in [0.2, 0.25) is 0 Å². The van der Waals surface area contributed by atoms with Crippen molar-refractivity contribution in [1.29, 1.82) is 0 Å². The van der Waals surface area contributed by atoms with E-state index >= 15 is 0 Å². The monoisotopic (exact) mass is 520 g/mol. The Hall–Kier alpha value is -3.65. The van der Waals surface area contributed by atoms with Crippen LogP contribution in [0.3, 0.4) is 0 Å². The summed E-state index contributed by atoms with van der Waals surface area (Å²) < 4.78 is 18.6. The third-order valence-electron chi connectivity index (χ3n) is 6.22. The number of carbonyl (C=O) groups is 1. The van der Waals surface area contributed by atoms with Crippen LogP contribution in [0.25, 0.3) is 6.08 Å². The summed E-state index contributed by atoms with van der Waals surface area (Å²) in [5, 5.41) is 0. The molecule has 0 amide bonds. The molecule has 2 heterocycles. The number of esters is 1. The van der Waals surface area contributed by atoms with Gasteiger partial charge >= 0.3 is 5.97 Å². The van der Waals surface area contributed by atoms with E-state index in [1.807, 2.05) is 55.5 Å². The second-order valence-electron chi connectivity index (χ2n) is 8.97. The van der Waals surface area contributed by atoms with Gasteiger partial charge < -0.3 is 14.2 Å². The summed E-state index contributed by atoms with van der Waals surface area (Å²) in [7, 11) is 1.58. The van der Waals surface area contributed by atoms with Gasteiger partial charge in [0.15, 0.2) is 16.3 Å². The molecule has 1 atom stereocenters. The molecule has 194 valence electrons. The van der Waals surface area contributed by atoms with Crippen molar-refractivity contribution in [3.8, 4) is 11.5 Å².